The number of oxime groups is 1. The summed E-state index contributed by atoms with van der Waals surface area (Å²) in [5.74, 6) is 0.134. The molecule has 21 heavy (non-hydrogen) atoms. The van der Waals surface area contributed by atoms with Crippen molar-refractivity contribution in [3.63, 3.8) is 0 Å². The molecule has 2 heterocycles. The zero-order valence-corrected chi connectivity index (χ0v) is 14.0. The average molecular weight is 366 g/mol. The predicted molar refractivity (Wildman–Crippen MR) is 90.4 cm³/mol. The van der Waals surface area contributed by atoms with Gasteiger partial charge in [0, 0.05) is 27.1 Å². The van der Waals surface area contributed by atoms with Crippen LogP contribution in [0.5, 0.6) is 0 Å². The molecule has 3 rings (SSSR count). The number of nitrogens with two attached hydrogens (primary N) is 1. The second-order valence-electron chi connectivity index (χ2n) is 5.07. The first-order valence-corrected chi connectivity index (χ1v) is 8.39. The largest absolute Gasteiger partial charge is 0.409 e. The minimum atomic E-state index is 0.134. The summed E-state index contributed by atoms with van der Waals surface area (Å²) >= 11 is 5.26. The SMILES string of the molecule is CC1c2ccsc2CCN1c1ccc(Br)cc1/C(N)=N/O. The van der Waals surface area contributed by atoms with E-state index in [1.165, 1.54) is 10.4 Å². The van der Waals surface area contributed by atoms with Gasteiger partial charge < -0.3 is 15.8 Å². The maximum Gasteiger partial charge on any atom is 0.172 e. The van der Waals surface area contributed by atoms with Crippen molar-refractivity contribution in [2.24, 2.45) is 10.9 Å². The highest BCUT2D eigenvalue weighted by Crippen LogP contribution is 2.37. The minimum Gasteiger partial charge on any atom is -0.409 e. The molecule has 1 aliphatic rings. The Morgan fingerprint density at radius 1 is 1.48 bits per heavy atom. The zero-order chi connectivity index (χ0) is 15.0. The maximum atomic E-state index is 9.02. The average Bonchev–Trinajstić information content (AvgIpc) is 2.97. The van der Waals surface area contributed by atoms with Gasteiger partial charge in [-0.15, -0.1) is 11.3 Å². The standard InChI is InChI=1S/C15H16BrN3OS/c1-9-11-5-7-21-14(11)4-6-19(9)13-3-2-10(16)8-12(13)15(17)18-20/h2-3,5,7-9,20H,4,6H2,1H3,(H2,17,18). The second-order valence-corrected chi connectivity index (χ2v) is 6.98. The number of rotatable bonds is 2. The third-order valence-corrected chi connectivity index (χ3v) is 5.42. The Morgan fingerprint density at radius 2 is 2.29 bits per heavy atom. The Hall–Kier alpha value is -1.53. The molecule has 1 aliphatic heterocycles. The Bertz CT molecular complexity index is 698. The van der Waals surface area contributed by atoms with Gasteiger partial charge in [0.05, 0.1) is 6.04 Å². The van der Waals surface area contributed by atoms with Crippen molar-refractivity contribution in [2.45, 2.75) is 19.4 Å². The number of benzene rings is 1. The van der Waals surface area contributed by atoms with Crippen molar-refractivity contribution in [2.75, 3.05) is 11.4 Å². The molecule has 1 unspecified atom stereocenters. The molecule has 0 saturated heterocycles. The van der Waals surface area contributed by atoms with Gasteiger partial charge in [0.2, 0.25) is 0 Å². The minimum absolute atomic E-state index is 0.134. The summed E-state index contributed by atoms with van der Waals surface area (Å²) in [6.07, 6.45) is 1.03. The molecule has 0 fully saturated rings. The zero-order valence-electron chi connectivity index (χ0n) is 11.6. The molecule has 2 aromatic rings. The lowest BCUT2D eigenvalue weighted by atomic mass is 9.99. The molecule has 6 heteroatoms. The first kappa shape index (κ1) is 14.4. The lowest BCUT2D eigenvalue weighted by Crippen LogP contribution is -2.34. The number of halogens is 1. The topological polar surface area (TPSA) is 61.8 Å². The van der Waals surface area contributed by atoms with Crippen molar-refractivity contribution in [1.82, 2.24) is 0 Å². The van der Waals surface area contributed by atoms with E-state index in [1.807, 2.05) is 29.5 Å². The van der Waals surface area contributed by atoms with E-state index in [1.54, 1.807) is 0 Å². The highest BCUT2D eigenvalue weighted by Gasteiger charge is 2.27. The van der Waals surface area contributed by atoms with E-state index in [4.69, 9.17) is 10.9 Å². The van der Waals surface area contributed by atoms with Crippen molar-refractivity contribution in [3.05, 3.63) is 50.1 Å². The fourth-order valence-corrected chi connectivity index (χ4v) is 4.18. The van der Waals surface area contributed by atoms with Crippen LogP contribution in [0.1, 0.15) is 29.0 Å². The van der Waals surface area contributed by atoms with Crippen molar-refractivity contribution in [1.29, 1.82) is 0 Å². The van der Waals surface area contributed by atoms with E-state index in [9.17, 15) is 0 Å². The summed E-state index contributed by atoms with van der Waals surface area (Å²) in [6, 6.07) is 8.37. The summed E-state index contributed by atoms with van der Waals surface area (Å²) < 4.78 is 0.911. The van der Waals surface area contributed by atoms with Gasteiger partial charge in [0.25, 0.3) is 0 Å². The van der Waals surface area contributed by atoms with Crippen LogP contribution in [0.15, 0.2) is 39.3 Å². The van der Waals surface area contributed by atoms with Gasteiger partial charge in [-0.2, -0.15) is 0 Å². The molecule has 0 radical (unpaired) electrons. The molecule has 4 nitrogen and oxygen atoms in total. The molecule has 0 spiro atoms. The van der Waals surface area contributed by atoms with E-state index in [0.717, 1.165) is 28.7 Å². The number of fused-ring (bicyclic) bond motifs is 1. The Balaban J connectivity index is 2.06. The molecule has 0 saturated carbocycles. The lowest BCUT2D eigenvalue weighted by Gasteiger charge is -2.36. The predicted octanol–water partition coefficient (Wildman–Crippen LogP) is 3.73. The fraction of sp³-hybridized carbons (Fsp3) is 0.267. The molecular weight excluding hydrogens is 350 g/mol. The summed E-state index contributed by atoms with van der Waals surface area (Å²) in [7, 11) is 0. The van der Waals surface area contributed by atoms with Gasteiger partial charge in [-0.3, -0.25) is 0 Å². The van der Waals surface area contributed by atoms with Crippen LogP contribution < -0.4 is 10.6 Å². The normalized spacial score (nSPS) is 18.7. The van der Waals surface area contributed by atoms with Crippen LogP contribution >= 0.6 is 27.3 Å². The van der Waals surface area contributed by atoms with Crippen LogP contribution in [-0.2, 0) is 6.42 Å². The fourth-order valence-electron chi connectivity index (χ4n) is 2.86. The lowest BCUT2D eigenvalue weighted by molar-refractivity contribution is 0.318. The Kier molecular flexibility index (Phi) is 3.91. The Morgan fingerprint density at radius 3 is 3.05 bits per heavy atom. The monoisotopic (exact) mass is 365 g/mol. The summed E-state index contributed by atoms with van der Waals surface area (Å²) in [4.78, 5) is 3.77. The van der Waals surface area contributed by atoms with Crippen LogP contribution in [0.4, 0.5) is 5.69 Å². The maximum absolute atomic E-state index is 9.02. The van der Waals surface area contributed by atoms with Crippen molar-refractivity contribution in [3.8, 4) is 0 Å². The summed E-state index contributed by atoms with van der Waals surface area (Å²) in [5, 5.41) is 14.3. The third kappa shape index (κ3) is 2.53. The molecule has 1 aromatic heterocycles. The number of anilines is 1. The smallest absolute Gasteiger partial charge is 0.172 e. The van der Waals surface area contributed by atoms with E-state index < -0.39 is 0 Å². The molecule has 0 amide bonds. The number of nitrogens with zero attached hydrogens (tertiary/aromatic N) is 2. The second kappa shape index (κ2) is 5.69. The van der Waals surface area contributed by atoms with Crippen LogP contribution in [-0.4, -0.2) is 17.6 Å². The van der Waals surface area contributed by atoms with Gasteiger partial charge in [-0.05, 0) is 48.6 Å². The molecule has 1 atom stereocenters. The van der Waals surface area contributed by atoms with Gasteiger partial charge in [-0.1, -0.05) is 21.1 Å². The van der Waals surface area contributed by atoms with Crippen LogP contribution in [0, 0.1) is 0 Å². The van der Waals surface area contributed by atoms with Crippen LogP contribution in [0.2, 0.25) is 0 Å². The van der Waals surface area contributed by atoms with Gasteiger partial charge in [0.15, 0.2) is 5.84 Å². The number of hydrogen-bond donors (Lipinski definition) is 2. The van der Waals surface area contributed by atoms with E-state index in [2.05, 4.69) is 44.4 Å². The van der Waals surface area contributed by atoms with Crippen LogP contribution in [0.25, 0.3) is 0 Å². The number of amidine groups is 1. The number of thiophene rings is 1. The van der Waals surface area contributed by atoms with E-state index in [0.29, 0.717) is 0 Å². The highest BCUT2D eigenvalue weighted by molar-refractivity contribution is 9.10. The van der Waals surface area contributed by atoms with Crippen molar-refractivity contribution < 1.29 is 5.21 Å². The molecular formula is C15H16BrN3OS. The summed E-state index contributed by atoms with van der Waals surface area (Å²) in [6.45, 7) is 3.13. The third-order valence-electron chi connectivity index (χ3n) is 3.93. The highest BCUT2D eigenvalue weighted by atomic mass is 79.9. The quantitative estimate of drug-likeness (QED) is 0.369. The molecule has 1 aromatic carbocycles. The first-order valence-electron chi connectivity index (χ1n) is 6.72. The van der Waals surface area contributed by atoms with E-state index >= 15 is 0 Å². The van der Waals surface area contributed by atoms with Gasteiger partial charge >= 0.3 is 0 Å². The van der Waals surface area contributed by atoms with Gasteiger partial charge in [-0.25, -0.2) is 0 Å². The molecule has 0 aliphatic carbocycles. The Labute approximate surface area is 136 Å². The van der Waals surface area contributed by atoms with E-state index in [-0.39, 0.29) is 11.9 Å². The molecule has 110 valence electrons. The number of hydrogen-bond acceptors (Lipinski definition) is 4. The van der Waals surface area contributed by atoms with Crippen LogP contribution in [0.3, 0.4) is 0 Å². The first-order chi connectivity index (χ1) is 10.1. The summed E-state index contributed by atoms with van der Waals surface area (Å²) in [5.41, 5.74) is 8.97. The molecule has 3 N–H and O–H groups in total. The molecule has 0 bridgehead atoms. The van der Waals surface area contributed by atoms with Crippen molar-refractivity contribution >= 4 is 38.8 Å². The van der Waals surface area contributed by atoms with Gasteiger partial charge in [0.1, 0.15) is 0 Å².